The van der Waals surface area contributed by atoms with E-state index in [0.29, 0.717) is 53.6 Å². The molecular formula is C21H25BrN4O3. The number of hydrogen-bond donors (Lipinski definition) is 2. The van der Waals surface area contributed by atoms with E-state index in [4.69, 9.17) is 14.7 Å². The van der Waals surface area contributed by atoms with Gasteiger partial charge in [-0.3, -0.25) is 9.79 Å². The van der Waals surface area contributed by atoms with Gasteiger partial charge in [0.05, 0.1) is 18.5 Å². The van der Waals surface area contributed by atoms with Gasteiger partial charge in [-0.1, -0.05) is 40.1 Å². The van der Waals surface area contributed by atoms with Gasteiger partial charge >= 0.3 is 0 Å². The third-order valence-electron chi connectivity index (χ3n) is 5.05. The van der Waals surface area contributed by atoms with Crippen molar-refractivity contribution in [1.82, 2.24) is 10.5 Å². The number of carbonyl (C=O) groups is 1. The quantitative estimate of drug-likeness (QED) is 0.501. The molecule has 0 radical (unpaired) electrons. The summed E-state index contributed by atoms with van der Waals surface area (Å²) in [6.07, 6.45) is 1.47. The van der Waals surface area contributed by atoms with Gasteiger partial charge in [0.25, 0.3) is 5.91 Å². The number of hydrogen-bond acceptors (Lipinski definition) is 6. The Morgan fingerprint density at radius 3 is 2.97 bits per heavy atom. The first-order chi connectivity index (χ1) is 13.9. The minimum Gasteiger partial charge on any atom is -0.496 e. The predicted octanol–water partition coefficient (Wildman–Crippen LogP) is 4.04. The molecule has 1 aromatic carbocycles. The lowest BCUT2D eigenvalue weighted by Gasteiger charge is -2.25. The number of rotatable bonds is 6. The van der Waals surface area contributed by atoms with E-state index in [1.165, 1.54) is 0 Å². The van der Waals surface area contributed by atoms with Crippen LogP contribution in [-0.2, 0) is 0 Å². The van der Waals surface area contributed by atoms with Crippen molar-refractivity contribution in [1.29, 1.82) is 5.41 Å². The molecule has 154 valence electrons. The SMILES string of the molecule is COc1ccccc1-c1noc(C)c1C(=O)NCCN=C1CC(=N)C(C)CC1Br. The molecule has 29 heavy (non-hydrogen) atoms. The number of nitrogens with zero attached hydrogens (tertiary/aromatic N) is 2. The van der Waals surface area contributed by atoms with Gasteiger partial charge in [0, 0.05) is 30.0 Å². The molecule has 3 rings (SSSR count). The first kappa shape index (κ1) is 21.2. The number of nitrogens with one attached hydrogen (secondary N) is 2. The fraction of sp³-hybridized carbons (Fsp3) is 0.429. The molecular weight excluding hydrogens is 436 g/mol. The van der Waals surface area contributed by atoms with E-state index in [1.54, 1.807) is 14.0 Å². The first-order valence-electron chi connectivity index (χ1n) is 9.54. The summed E-state index contributed by atoms with van der Waals surface area (Å²) < 4.78 is 10.7. The summed E-state index contributed by atoms with van der Waals surface area (Å²) in [5, 5.41) is 15.0. The molecule has 1 fully saturated rings. The summed E-state index contributed by atoms with van der Waals surface area (Å²) in [6.45, 7) is 4.62. The summed E-state index contributed by atoms with van der Waals surface area (Å²) in [7, 11) is 1.58. The third-order valence-corrected chi connectivity index (χ3v) is 5.95. The van der Waals surface area contributed by atoms with E-state index in [1.807, 2.05) is 24.3 Å². The molecule has 8 heteroatoms. The van der Waals surface area contributed by atoms with Gasteiger partial charge in [0.1, 0.15) is 22.8 Å². The number of aliphatic imine (C=N–C) groups is 1. The Morgan fingerprint density at radius 1 is 1.45 bits per heavy atom. The highest BCUT2D eigenvalue weighted by atomic mass is 79.9. The summed E-state index contributed by atoms with van der Waals surface area (Å²) in [5.41, 5.74) is 3.24. The van der Waals surface area contributed by atoms with E-state index >= 15 is 0 Å². The van der Waals surface area contributed by atoms with Crippen molar-refractivity contribution in [2.75, 3.05) is 20.2 Å². The number of aromatic nitrogens is 1. The van der Waals surface area contributed by atoms with Crippen molar-refractivity contribution in [3.05, 3.63) is 35.6 Å². The average molecular weight is 461 g/mol. The largest absolute Gasteiger partial charge is 0.496 e. The lowest BCUT2D eigenvalue weighted by Crippen LogP contribution is -2.32. The molecule has 1 aliphatic rings. The number of ether oxygens (including phenoxy) is 1. The molecule has 0 saturated heterocycles. The smallest absolute Gasteiger partial charge is 0.257 e. The van der Waals surface area contributed by atoms with E-state index in [0.717, 1.165) is 12.1 Å². The van der Waals surface area contributed by atoms with E-state index < -0.39 is 0 Å². The molecule has 2 aromatic rings. The number of benzene rings is 1. The van der Waals surface area contributed by atoms with Crippen molar-refractivity contribution in [2.45, 2.75) is 31.5 Å². The molecule has 1 saturated carbocycles. The number of halogens is 1. The molecule has 1 aliphatic carbocycles. The molecule has 1 heterocycles. The van der Waals surface area contributed by atoms with Gasteiger partial charge < -0.3 is 20.0 Å². The monoisotopic (exact) mass is 460 g/mol. The van der Waals surface area contributed by atoms with Crippen LogP contribution in [0, 0.1) is 18.3 Å². The van der Waals surface area contributed by atoms with Crippen LogP contribution in [0.15, 0.2) is 33.8 Å². The number of alkyl halides is 1. The molecule has 0 aliphatic heterocycles. The topological polar surface area (TPSA) is 101 Å². The van der Waals surface area contributed by atoms with Gasteiger partial charge in [-0.15, -0.1) is 0 Å². The van der Waals surface area contributed by atoms with Crippen molar-refractivity contribution < 1.29 is 14.1 Å². The Morgan fingerprint density at radius 2 is 2.21 bits per heavy atom. The molecule has 2 N–H and O–H groups in total. The standard InChI is InChI=1S/C21H25BrN4O3/c1-12-10-15(22)17(11-16(12)23)24-8-9-25-21(27)19-13(2)29-26-20(19)14-6-4-5-7-18(14)28-3/h4-7,12,15,23H,8-11H2,1-3H3,(H,25,27). The van der Waals surface area contributed by atoms with Gasteiger partial charge in [0.2, 0.25) is 0 Å². The summed E-state index contributed by atoms with van der Waals surface area (Å²) in [5.74, 6) is 1.09. The Labute approximate surface area is 178 Å². The van der Waals surface area contributed by atoms with Gasteiger partial charge in [0.15, 0.2) is 0 Å². The predicted molar refractivity (Wildman–Crippen MR) is 117 cm³/mol. The fourth-order valence-corrected chi connectivity index (χ4v) is 4.21. The molecule has 0 bridgehead atoms. The first-order valence-corrected chi connectivity index (χ1v) is 10.5. The summed E-state index contributed by atoms with van der Waals surface area (Å²) in [4.78, 5) is 17.6. The average Bonchev–Trinajstić information content (AvgIpc) is 3.10. The molecule has 0 spiro atoms. The zero-order valence-electron chi connectivity index (χ0n) is 16.8. The minimum absolute atomic E-state index is 0.194. The number of para-hydroxylation sites is 1. The summed E-state index contributed by atoms with van der Waals surface area (Å²) >= 11 is 3.65. The zero-order valence-corrected chi connectivity index (χ0v) is 18.4. The lowest BCUT2D eigenvalue weighted by molar-refractivity contribution is 0.0954. The molecule has 1 aromatic heterocycles. The second kappa shape index (κ2) is 9.35. The van der Waals surface area contributed by atoms with Crippen molar-refractivity contribution in [3.63, 3.8) is 0 Å². The molecule has 7 nitrogen and oxygen atoms in total. The molecule has 2 atom stereocenters. The van der Waals surface area contributed by atoms with Crippen molar-refractivity contribution in [2.24, 2.45) is 10.9 Å². The highest BCUT2D eigenvalue weighted by molar-refractivity contribution is 9.10. The van der Waals surface area contributed by atoms with E-state index in [9.17, 15) is 4.79 Å². The van der Waals surface area contributed by atoms with Gasteiger partial charge in [-0.25, -0.2) is 0 Å². The third kappa shape index (κ3) is 4.75. The second-order valence-corrected chi connectivity index (χ2v) is 8.20. The van der Waals surface area contributed by atoms with Crippen molar-refractivity contribution in [3.8, 4) is 17.0 Å². The highest BCUT2D eigenvalue weighted by Crippen LogP contribution is 2.32. The minimum atomic E-state index is -0.259. The maximum atomic E-state index is 12.8. The van der Waals surface area contributed by atoms with E-state index in [-0.39, 0.29) is 16.7 Å². The summed E-state index contributed by atoms with van der Waals surface area (Å²) in [6, 6.07) is 7.38. The Kier molecular flexibility index (Phi) is 6.84. The Bertz CT molecular complexity index is 938. The van der Waals surface area contributed by atoms with Gasteiger partial charge in [-0.2, -0.15) is 0 Å². The van der Waals surface area contributed by atoms with Crippen LogP contribution in [0.3, 0.4) is 0 Å². The molecule has 1 amide bonds. The zero-order chi connectivity index (χ0) is 21.0. The van der Waals surface area contributed by atoms with E-state index in [2.05, 4.69) is 38.3 Å². The maximum absolute atomic E-state index is 12.8. The number of carbonyl (C=O) groups excluding carboxylic acids is 1. The highest BCUT2D eigenvalue weighted by Gasteiger charge is 2.26. The van der Waals surface area contributed by atoms with Crippen LogP contribution in [0.5, 0.6) is 5.75 Å². The number of methoxy groups -OCH3 is 1. The van der Waals surface area contributed by atoms with Gasteiger partial charge in [-0.05, 0) is 31.4 Å². The van der Waals surface area contributed by atoms with Crippen LogP contribution in [0.1, 0.15) is 35.9 Å². The second-order valence-electron chi connectivity index (χ2n) is 7.10. The Balaban J connectivity index is 1.67. The lowest BCUT2D eigenvalue weighted by atomic mass is 9.87. The Hall–Kier alpha value is -2.48. The van der Waals surface area contributed by atoms with Crippen LogP contribution in [0.2, 0.25) is 0 Å². The fourth-order valence-electron chi connectivity index (χ4n) is 3.34. The number of aryl methyl sites for hydroxylation is 1. The van der Waals surface area contributed by atoms with Crippen LogP contribution in [-0.4, -0.2) is 47.5 Å². The van der Waals surface area contributed by atoms with Crippen LogP contribution in [0.4, 0.5) is 0 Å². The van der Waals surface area contributed by atoms with Crippen LogP contribution in [0.25, 0.3) is 11.3 Å². The maximum Gasteiger partial charge on any atom is 0.257 e. The van der Waals surface area contributed by atoms with Crippen LogP contribution < -0.4 is 10.1 Å². The number of amides is 1. The van der Waals surface area contributed by atoms with Crippen molar-refractivity contribution >= 4 is 33.3 Å². The van der Waals surface area contributed by atoms with Crippen LogP contribution >= 0.6 is 15.9 Å². The normalized spacial score (nSPS) is 20.7. The molecule has 2 unspecified atom stereocenters.